The van der Waals surface area contributed by atoms with Gasteiger partial charge in [0.05, 0.1) is 5.69 Å². The van der Waals surface area contributed by atoms with Gasteiger partial charge < -0.3 is 5.11 Å². The van der Waals surface area contributed by atoms with Crippen molar-refractivity contribution in [2.75, 3.05) is 0 Å². The first-order valence-electron chi connectivity index (χ1n) is 4.31. The minimum Gasteiger partial charge on any atom is -0.476 e. The predicted octanol–water partition coefficient (Wildman–Crippen LogP) is 0.984. The summed E-state index contributed by atoms with van der Waals surface area (Å²) in [7, 11) is 0. The van der Waals surface area contributed by atoms with Crippen LogP contribution in [0.3, 0.4) is 0 Å². The maximum absolute atomic E-state index is 10.8. The first-order valence-corrected chi connectivity index (χ1v) is 5.19. The molecule has 2 aromatic heterocycles. The Labute approximate surface area is 89.2 Å². The fraction of sp³-hybridized carbons (Fsp3) is 0.250. The maximum Gasteiger partial charge on any atom is 0.358 e. The van der Waals surface area contributed by atoms with Gasteiger partial charge in [0.15, 0.2) is 5.69 Å². The van der Waals surface area contributed by atoms with Crippen molar-refractivity contribution in [1.29, 1.82) is 0 Å². The molecule has 0 unspecified atom stereocenters. The van der Waals surface area contributed by atoms with Gasteiger partial charge in [0.2, 0.25) is 5.13 Å². The smallest absolute Gasteiger partial charge is 0.358 e. The molecule has 0 aromatic carbocycles. The Kier molecular flexibility index (Phi) is 2.46. The van der Waals surface area contributed by atoms with Crippen molar-refractivity contribution in [1.82, 2.24) is 20.0 Å². The Morgan fingerprint density at radius 1 is 1.67 bits per heavy atom. The average Bonchev–Trinajstić information content (AvgIpc) is 2.85. The van der Waals surface area contributed by atoms with Crippen LogP contribution in [0, 0.1) is 0 Å². The van der Waals surface area contributed by atoms with Crippen LogP contribution in [0.5, 0.6) is 0 Å². The van der Waals surface area contributed by atoms with E-state index in [1.807, 2.05) is 6.92 Å². The molecule has 2 rings (SSSR count). The molecule has 78 valence electrons. The standard InChI is InChI=1S/C8H8N4O2S/c1-2-5-6(7(13)14)10-11-12(5)8-9-3-4-15-8/h3-4H,2H2,1H3,(H,13,14). The summed E-state index contributed by atoms with van der Waals surface area (Å²) in [6, 6.07) is 0. The molecule has 0 aliphatic carbocycles. The minimum atomic E-state index is -1.06. The van der Waals surface area contributed by atoms with E-state index in [0.717, 1.165) is 0 Å². The summed E-state index contributed by atoms with van der Waals surface area (Å²) in [4.78, 5) is 14.9. The van der Waals surface area contributed by atoms with Gasteiger partial charge in [0.1, 0.15) is 0 Å². The van der Waals surface area contributed by atoms with E-state index < -0.39 is 5.97 Å². The van der Waals surface area contributed by atoms with Gasteiger partial charge in [-0.1, -0.05) is 12.1 Å². The summed E-state index contributed by atoms with van der Waals surface area (Å²) in [6.45, 7) is 1.86. The van der Waals surface area contributed by atoms with Crippen molar-refractivity contribution in [3.63, 3.8) is 0 Å². The largest absolute Gasteiger partial charge is 0.476 e. The number of rotatable bonds is 3. The van der Waals surface area contributed by atoms with Crippen LogP contribution < -0.4 is 0 Å². The van der Waals surface area contributed by atoms with E-state index in [1.54, 1.807) is 11.6 Å². The van der Waals surface area contributed by atoms with E-state index in [-0.39, 0.29) is 5.69 Å². The topological polar surface area (TPSA) is 80.9 Å². The first-order chi connectivity index (χ1) is 7.24. The van der Waals surface area contributed by atoms with Crippen molar-refractivity contribution >= 4 is 17.3 Å². The van der Waals surface area contributed by atoms with Crippen LogP contribution in [0.15, 0.2) is 11.6 Å². The van der Waals surface area contributed by atoms with Crippen LogP contribution in [0.4, 0.5) is 0 Å². The lowest BCUT2D eigenvalue weighted by atomic mass is 10.2. The van der Waals surface area contributed by atoms with Gasteiger partial charge in [-0.05, 0) is 6.42 Å². The second-order valence-electron chi connectivity index (χ2n) is 2.77. The number of carboxylic acids is 1. The molecule has 2 heterocycles. The fourth-order valence-corrected chi connectivity index (χ4v) is 1.87. The number of carboxylic acid groups (broad SMARTS) is 1. The van der Waals surface area contributed by atoms with Crippen LogP contribution in [-0.2, 0) is 6.42 Å². The molecule has 0 saturated heterocycles. The molecule has 0 saturated carbocycles. The van der Waals surface area contributed by atoms with Gasteiger partial charge in [-0.15, -0.1) is 16.4 Å². The summed E-state index contributed by atoms with van der Waals surface area (Å²) >= 11 is 1.39. The van der Waals surface area contributed by atoms with E-state index in [0.29, 0.717) is 17.2 Å². The molecule has 0 fully saturated rings. The molecule has 1 N–H and O–H groups in total. The highest BCUT2D eigenvalue weighted by Gasteiger charge is 2.18. The quantitative estimate of drug-likeness (QED) is 0.840. The van der Waals surface area contributed by atoms with Crippen LogP contribution >= 0.6 is 11.3 Å². The fourth-order valence-electron chi connectivity index (χ4n) is 1.26. The molecule has 15 heavy (non-hydrogen) atoms. The van der Waals surface area contributed by atoms with Crippen LogP contribution in [0.25, 0.3) is 5.13 Å². The van der Waals surface area contributed by atoms with Gasteiger partial charge >= 0.3 is 5.97 Å². The maximum atomic E-state index is 10.8. The summed E-state index contributed by atoms with van der Waals surface area (Å²) in [5, 5.41) is 18.7. The molecule has 0 radical (unpaired) electrons. The molecule has 0 aliphatic rings. The van der Waals surface area contributed by atoms with Crippen molar-refractivity contribution in [2.45, 2.75) is 13.3 Å². The summed E-state index contributed by atoms with van der Waals surface area (Å²) < 4.78 is 1.47. The Bertz CT molecular complexity index is 477. The number of aromatic carboxylic acids is 1. The van der Waals surface area contributed by atoms with Crippen LogP contribution in [0.2, 0.25) is 0 Å². The van der Waals surface area contributed by atoms with Crippen LogP contribution in [0.1, 0.15) is 23.1 Å². The highest BCUT2D eigenvalue weighted by atomic mass is 32.1. The number of nitrogens with zero attached hydrogens (tertiary/aromatic N) is 4. The SMILES string of the molecule is CCc1c(C(=O)O)nnn1-c1nccs1. The van der Waals surface area contributed by atoms with Crippen molar-refractivity contribution in [3.05, 3.63) is 23.0 Å². The Hall–Kier alpha value is -1.76. The lowest BCUT2D eigenvalue weighted by molar-refractivity contribution is 0.0689. The summed E-state index contributed by atoms with van der Waals surface area (Å²) in [5.41, 5.74) is 0.560. The molecule has 0 bridgehead atoms. The zero-order valence-electron chi connectivity index (χ0n) is 7.91. The van der Waals surface area contributed by atoms with Crippen LogP contribution in [-0.4, -0.2) is 31.1 Å². The summed E-state index contributed by atoms with van der Waals surface area (Å²) in [6.07, 6.45) is 2.19. The molecular formula is C8H8N4O2S. The molecule has 0 spiro atoms. The molecule has 0 atom stereocenters. The number of carbonyl (C=O) groups is 1. The predicted molar refractivity (Wildman–Crippen MR) is 53.4 cm³/mol. The van der Waals surface area contributed by atoms with E-state index >= 15 is 0 Å². The molecule has 6 nitrogen and oxygen atoms in total. The number of aromatic nitrogens is 4. The van der Waals surface area contributed by atoms with Gasteiger partial charge in [-0.25, -0.2) is 9.78 Å². The normalized spacial score (nSPS) is 10.5. The third-order valence-corrected chi connectivity index (χ3v) is 2.65. The molecule has 0 amide bonds. The van der Waals surface area contributed by atoms with E-state index in [2.05, 4.69) is 15.3 Å². The molecular weight excluding hydrogens is 216 g/mol. The Morgan fingerprint density at radius 3 is 3.00 bits per heavy atom. The number of hydrogen-bond donors (Lipinski definition) is 1. The van der Waals surface area contributed by atoms with Gasteiger partial charge in [0.25, 0.3) is 0 Å². The third kappa shape index (κ3) is 1.61. The van der Waals surface area contributed by atoms with Crippen molar-refractivity contribution in [2.24, 2.45) is 0 Å². The Morgan fingerprint density at radius 2 is 2.47 bits per heavy atom. The Balaban J connectivity index is 2.54. The van der Waals surface area contributed by atoms with Gasteiger partial charge in [-0.2, -0.15) is 4.68 Å². The zero-order valence-corrected chi connectivity index (χ0v) is 8.73. The van der Waals surface area contributed by atoms with Gasteiger partial charge in [0, 0.05) is 11.6 Å². The highest BCUT2D eigenvalue weighted by Crippen LogP contribution is 2.15. The molecule has 7 heteroatoms. The van der Waals surface area contributed by atoms with E-state index in [1.165, 1.54) is 16.0 Å². The second-order valence-corrected chi connectivity index (χ2v) is 3.64. The lowest BCUT2D eigenvalue weighted by Crippen LogP contribution is -2.05. The lowest BCUT2D eigenvalue weighted by Gasteiger charge is -1.99. The average molecular weight is 224 g/mol. The van der Waals surface area contributed by atoms with E-state index in [4.69, 9.17) is 5.11 Å². The molecule has 2 aromatic rings. The summed E-state index contributed by atoms with van der Waals surface area (Å²) in [5.74, 6) is -1.06. The van der Waals surface area contributed by atoms with Gasteiger partial charge in [-0.3, -0.25) is 0 Å². The van der Waals surface area contributed by atoms with E-state index in [9.17, 15) is 4.79 Å². The first kappa shape index (κ1) is 9.78. The zero-order chi connectivity index (χ0) is 10.8. The second kappa shape index (κ2) is 3.77. The highest BCUT2D eigenvalue weighted by molar-refractivity contribution is 7.12. The number of hydrogen-bond acceptors (Lipinski definition) is 5. The van der Waals surface area contributed by atoms with Crippen molar-refractivity contribution < 1.29 is 9.90 Å². The number of thiazole rings is 1. The third-order valence-electron chi connectivity index (χ3n) is 1.90. The molecule has 0 aliphatic heterocycles. The minimum absolute atomic E-state index is 0.00676. The van der Waals surface area contributed by atoms with Crippen molar-refractivity contribution in [3.8, 4) is 5.13 Å². The monoisotopic (exact) mass is 224 g/mol.